The van der Waals surface area contributed by atoms with E-state index in [0.29, 0.717) is 28.5 Å². The molecule has 0 fully saturated rings. The molecule has 0 N–H and O–H groups in total. The molecule has 0 saturated carbocycles. The quantitative estimate of drug-likeness (QED) is 0.644. The van der Waals surface area contributed by atoms with E-state index in [-0.39, 0.29) is 11.3 Å². The van der Waals surface area contributed by atoms with E-state index in [0.717, 1.165) is 0 Å². The zero-order valence-electron chi connectivity index (χ0n) is 13.1. The number of methoxy groups -OCH3 is 1. The Hall–Kier alpha value is -3.15. The van der Waals surface area contributed by atoms with Crippen molar-refractivity contribution in [2.75, 3.05) is 7.11 Å². The van der Waals surface area contributed by atoms with Crippen molar-refractivity contribution in [3.05, 3.63) is 71.7 Å². The highest BCUT2D eigenvalue weighted by Crippen LogP contribution is 2.33. The number of nitrogens with zero attached hydrogens (tertiary/aromatic N) is 1. The number of esters is 1. The molecule has 25 heavy (non-hydrogen) atoms. The maximum Gasteiger partial charge on any atom is 0.337 e. The first-order valence-electron chi connectivity index (χ1n) is 7.24. The third-order valence-electron chi connectivity index (χ3n) is 3.80. The summed E-state index contributed by atoms with van der Waals surface area (Å²) in [5, 5.41) is 0.917. The lowest BCUT2D eigenvalue weighted by molar-refractivity contribution is 0.0601. The predicted octanol–water partition coefficient (Wildman–Crippen LogP) is 4.75. The van der Waals surface area contributed by atoms with Gasteiger partial charge in [0.2, 0.25) is 0 Å². The molecule has 6 heteroatoms. The largest absolute Gasteiger partial charge is 0.465 e. The van der Waals surface area contributed by atoms with Gasteiger partial charge in [-0.25, -0.2) is 18.0 Å². The number of pyridine rings is 1. The predicted molar refractivity (Wildman–Crippen MR) is 88.5 cm³/mol. The van der Waals surface area contributed by atoms with Gasteiger partial charge in [0, 0.05) is 29.3 Å². The van der Waals surface area contributed by atoms with Gasteiger partial charge in [0.05, 0.1) is 23.9 Å². The molecular weight excluding hydrogens is 331 g/mol. The molecule has 3 aromatic rings. The lowest BCUT2D eigenvalue weighted by atomic mass is 9.98. The van der Waals surface area contributed by atoms with Gasteiger partial charge in [0.1, 0.15) is 17.5 Å². The summed E-state index contributed by atoms with van der Waals surface area (Å²) in [6.07, 6.45) is 2.94. The Balaban J connectivity index is 2.39. The summed E-state index contributed by atoms with van der Waals surface area (Å²) in [5.41, 5.74) is 0.311. The Bertz CT molecular complexity index is 992. The van der Waals surface area contributed by atoms with E-state index in [1.54, 1.807) is 6.07 Å². The number of fused-ring (bicyclic) bond motifs is 1. The van der Waals surface area contributed by atoms with Crippen LogP contribution >= 0.6 is 0 Å². The van der Waals surface area contributed by atoms with Crippen LogP contribution in [0.4, 0.5) is 13.2 Å². The third-order valence-corrected chi connectivity index (χ3v) is 3.80. The summed E-state index contributed by atoms with van der Waals surface area (Å²) < 4.78 is 46.3. The van der Waals surface area contributed by atoms with Crippen molar-refractivity contribution in [1.82, 2.24) is 4.98 Å². The van der Waals surface area contributed by atoms with Crippen molar-refractivity contribution in [1.29, 1.82) is 0 Å². The van der Waals surface area contributed by atoms with E-state index in [1.165, 1.54) is 31.5 Å². The van der Waals surface area contributed by atoms with Crippen LogP contribution in [-0.2, 0) is 4.74 Å². The molecule has 0 saturated heterocycles. The number of ether oxygens (including phenoxy) is 1. The standard InChI is InChI=1S/C19H12F3NO2/c1-3-10-9-23-18(17-15(21)7-12(20)8-16(17)22)14-6-11(19(24)25-2)4-5-13(10)14/h3-9H,1H2,2H3. The third kappa shape index (κ3) is 2.87. The molecule has 0 aliphatic rings. The summed E-state index contributed by atoms with van der Waals surface area (Å²) in [6.45, 7) is 3.67. The number of carbonyl (C=O) groups is 1. The fourth-order valence-electron chi connectivity index (χ4n) is 2.64. The summed E-state index contributed by atoms with van der Waals surface area (Å²) in [6, 6.07) is 5.74. The molecule has 0 aliphatic carbocycles. The Labute approximate surface area is 141 Å². The van der Waals surface area contributed by atoms with Crippen LogP contribution in [0, 0.1) is 17.5 Å². The van der Waals surface area contributed by atoms with Gasteiger partial charge in [0.25, 0.3) is 0 Å². The van der Waals surface area contributed by atoms with Crippen molar-refractivity contribution in [3.8, 4) is 11.3 Å². The molecule has 3 nitrogen and oxygen atoms in total. The highest BCUT2D eigenvalue weighted by molar-refractivity contribution is 6.03. The Kier molecular flexibility index (Phi) is 4.27. The number of aromatic nitrogens is 1. The normalized spacial score (nSPS) is 10.7. The van der Waals surface area contributed by atoms with Gasteiger partial charge >= 0.3 is 5.97 Å². The average Bonchev–Trinajstić information content (AvgIpc) is 2.59. The monoisotopic (exact) mass is 343 g/mol. The average molecular weight is 343 g/mol. The van der Waals surface area contributed by atoms with Crippen LogP contribution in [0.15, 0.2) is 43.1 Å². The van der Waals surface area contributed by atoms with Gasteiger partial charge in [0.15, 0.2) is 0 Å². The highest BCUT2D eigenvalue weighted by Gasteiger charge is 2.19. The summed E-state index contributed by atoms with van der Waals surface area (Å²) >= 11 is 0. The van der Waals surface area contributed by atoms with Gasteiger partial charge in [-0.1, -0.05) is 18.7 Å². The lowest BCUT2D eigenvalue weighted by Crippen LogP contribution is -2.02. The van der Waals surface area contributed by atoms with E-state index in [4.69, 9.17) is 0 Å². The minimum Gasteiger partial charge on any atom is -0.465 e. The number of rotatable bonds is 3. The number of benzene rings is 2. The fraction of sp³-hybridized carbons (Fsp3) is 0.0526. The molecule has 0 bridgehead atoms. The first-order chi connectivity index (χ1) is 12.0. The Morgan fingerprint density at radius 3 is 2.40 bits per heavy atom. The summed E-state index contributed by atoms with van der Waals surface area (Å²) in [4.78, 5) is 15.9. The lowest BCUT2D eigenvalue weighted by Gasteiger charge is -2.11. The highest BCUT2D eigenvalue weighted by atomic mass is 19.1. The molecule has 0 unspecified atom stereocenters. The zero-order valence-corrected chi connectivity index (χ0v) is 13.1. The molecule has 0 spiro atoms. The number of hydrogen-bond donors (Lipinski definition) is 0. The summed E-state index contributed by atoms with van der Waals surface area (Å²) in [7, 11) is 1.23. The first-order valence-corrected chi connectivity index (χ1v) is 7.24. The number of hydrogen-bond acceptors (Lipinski definition) is 3. The van der Waals surface area contributed by atoms with Crippen molar-refractivity contribution < 1.29 is 22.7 Å². The van der Waals surface area contributed by atoms with Gasteiger partial charge in [-0.2, -0.15) is 0 Å². The summed E-state index contributed by atoms with van der Waals surface area (Å²) in [5.74, 6) is -3.79. The number of carbonyl (C=O) groups excluding carboxylic acids is 1. The van der Waals surface area contributed by atoms with Crippen molar-refractivity contribution >= 4 is 22.8 Å². The maximum atomic E-state index is 14.2. The Morgan fingerprint density at radius 1 is 1.12 bits per heavy atom. The zero-order chi connectivity index (χ0) is 18.1. The van der Waals surface area contributed by atoms with E-state index in [1.807, 2.05) is 0 Å². The second-order valence-electron chi connectivity index (χ2n) is 5.26. The molecular formula is C19H12F3NO2. The molecule has 1 heterocycles. The van der Waals surface area contributed by atoms with E-state index in [2.05, 4.69) is 16.3 Å². The Morgan fingerprint density at radius 2 is 1.80 bits per heavy atom. The fourth-order valence-corrected chi connectivity index (χ4v) is 2.64. The second kappa shape index (κ2) is 6.39. The van der Waals surface area contributed by atoms with Crippen molar-refractivity contribution in [3.63, 3.8) is 0 Å². The molecule has 2 aromatic carbocycles. The van der Waals surface area contributed by atoms with Crippen LogP contribution < -0.4 is 0 Å². The van der Waals surface area contributed by atoms with E-state index in [9.17, 15) is 18.0 Å². The molecule has 3 rings (SSSR count). The van der Waals surface area contributed by atoms with Crippen LogP contribution in [0.5, 0.6) is 0 Å². The second-order valence-corrected chi connectivity index (χ2v) is 5.26. The van der Waals surface area contributed by atoms with Gasteiger partial charge in [-0.3, -0.25) is 4.98 Å². The molecule has 126 valence electrons. The minimum absolute atomic E-state index is 0.0404. The molecule has 0 atom stereocenters. The van der Waals surface area contributed by atoms with Crippen LogP contribution in [0.1, 0.15) is 15.9 Å². The van der Waals surface area contributed by atoms with Crippen molar-refractivity contribution in [2.45, 2.75) is 0 Å². The molecule has 0 aliphatic heterocycles. The van der Waals surface area contributed by atoms with Crippen LogP contribution in [0.2, 0.25) is 0 Å². The SMILES string of the molecule is C=Cc1cnc(-c2c(F)cc(F)cc2F)c2cc(C(=O)OC)ccc12. The maximum absolute atomic E-state index is 14.2. The number of halogens is 3. The molecule has 0 radical (unpaired) electrons. The van der Waals surface area contributed by atoms with Gasteiger partial charge in [-0.15, -0.1) is 0 Å². The van der Waals surface area contributed by atoms with E-state index >= 15 is 0 Å². The molecule has 0 amide bonds. The first kappa shape index (κ1) is 16.7. The van der Waals surface area contributed by atoms with Crippen LogP contribution in [0.25, 0.3) is 28.1 Å². The van der Waals surface area contributed by atoms with Crippen LogP contribution in [0.3, 0.4) is 0 Å². The van der Waals surface area contributed by atoms with Crippen LogP contribution in [-0.4, -0.2) is 18.1 Å². The smallest absolute Gasteiger partial charge is 0.337 e. The van der Waals surface area contributed by atoms with Crippen molar-refractivity contribution in [2.24, 2.45) is 0 Å². The topological polar surface area (TPSA) is 39.2 Å². The van der Waals surface area contributed by atoms with E-state index < -0.39 is 29.0 Å². The molecule has 1 aromatic heterocycles. The van der Waals surface area contributed by atoms with Gasteiger partial charge < -0.3 is 4.74 Å². The van der Waals surface area contributed by atoms with Gasteiger partial charge in [-0.05, 0) is 17.5 Å². The minimum atomic E-state index is -1.08.